The average molecular weight is 301 g/mol. The molecule has 116 valence electrons. The number of aromatic nitrogens is 4. The maximum Gasteiger partial charge on any atom is 0.419 e. The Morgan fingerprint density at radius 3 is 2.62 bits per heavy atom. The lowest BCUT2D eigenvalue weighted by Crippen LogP contribution is -2.16. The molecule has 5 nitrogen and oxygen atoms in total. The number of aryl methyl sites for hydroxylation is 2. The molecule has 2 aromatic rings. The fourth-order valence-corrected chi connectivity index (χ4v) is 2.16. The van der Waals surface area contributed by atoms with Gasteiger partial charge >= 0.3 is 6.18 Å². The molecular weight excluding hydrogens is 283 g/mol. The van der Waals surface area contributed by atoms with Gasteiger partial charge in [-0.3, -0.25) is 4.68 Å². The van der Waals surface area contributed by atoms with Gasteiger partial charge in [-0.1, -0.05) is 6.92 Å². The van der Waals surface area contributed by atoms with Crippen LogP contribution >= 0.6 is 0 Å². The lowest BCUT2D eigenvalue weighted by atomic mass is 10.2. The smallest absolute Gasteiger partial charge is 0.312 e. The van der Waals surface area contributed by atoms with Crippen molar-refractivity contribution in [3.63, 3.8) is 0 Å². The summed E-state index contributed by atoms with van der Waals surface area (Å²) in [7, 11) is 1.70. The molecular formula is C13H18F3N5. The standard InChI is InChI=1S/C13H18F3N5/c1-4-5-17-7-11-9(2)19-20(3)12(11)21-8-10(6-18-21)13(14,15)16/h6,8,17H,4-5,7H2,1-3H3. The van der Waals surface area contributed by atoms with E-state index >= 15 is 0 Å². The van der Waals surface area contributed by atoms with Crippen molar-refractivity contribution in [1.29, 1.82) is 0 Å². The van der Waals surface area contributed by atoms with E-state index in [0.29, 0.717) is 12.4 Å². The lowest BCUT2D eigenvalue weighted by Gasteiger charge is -2.08. The molecule has 8 heteroatoms. The minimum atomic E-state index is -4.40. The second-order valence-electron chi connectivity index (χ2n) is 4.86. The fourth-order valence-electron chi connectivity index (χ4n) is 2.16. The minimum Gasteiger partial charge on any atom is -0.312 e. The van der Waals surface area contributed by atoms with Gasteiger partial charge in [0.05, 0.1) is 17.5 Å². The van der Waals surface area contributed by atoms with Crippen LogP contribution in [0, 0.1) is 6.92 Å². The van der Waals surface area contributed by atoms with Gasteiger partial charge in [0, 0.05) is 25.4 Å². The zero-order valence-electron chi connectivity index (χ0n) is 12.2. The quantitative estimate of drug-likeness (QED) is 0.863. The Labute approximate surface area is 120 Å². The van der Waals surface area contributed by atoms with Crippen LogP contribution in [-0.4, -0.2) is 26.1 Å². The molecule has 21 heavy (non-hydrogen) atoms. The SMILES string of the molecule is CCCNCc1c(C)nn(C)c1-n1cc(C(F)(F)F)cn1. The highest BCUT2D eigenvalue weighted by Gasteiger charge is 2.32. The molecule has 0 radical (unpaired) electrons. The Kier molecular flexibility index (Phi) is 4.36. The number of nitrogens with one attached hydrogen (secondary N) is 1. The van der Waals surface area contributed by atoms with Crippen molar-refractivity contribution in [3.8, 4) is 5.82 Å². The van der Waals surface area contributed by atoms with E-state index in [4.69, 9.17) is 0 Å². The molecule has 0 fully saturated rings. The predicted molar refractivity (Wildman–Crippen MR) is 72.1 cm³/mol. The maximum absolute atomic E-state index is 12.7. The highest BCUT2D eigenvalue weighted by atomic mass is 19.4. The van der Waals surface area contributed by atoms with Crippen molar-refractivity contribution >= 4 is 0 Å². The summed E-state index contributed by atoms with van der Waals surface area (Å²) in [6, 6.07) is 0. The van der Waals surface area contributed by atoms with Crippen LogP contribution < -0.4 is 5.32 Å². The highest BCUT2D eigenvalue weighted by Crippen LogP contribution is 2.29. The van der Waals surface area contributed by atoms with Crippen LogP contribution in [0.4, 0.5) is 13.2 Å². The van der Waals surface area contributed by atoms with Crippen LogP contribution in [0.5, 0.6) is 0 Å². The summed E-state index contributed by atoms with van der Waals surface area (Å²) in [6.45, 7) is 5.26. The lowest BCUT2D eigenvalue weighted by molar-refractivity contribution is -0.137. The molecule has 0 aliphatic rings. The van der Waals surface area contributed by atoms with E-state index in [2.05, 4.69) is 15.5 Å². The third-order valence-electron chi connectivity index (χ3n) is 3.17. The molecule has 1 N–H and O–H groups in total. The van der Waals surface area contributed by atoms with E-state index in [-0.39, 0.29) is 0 Å². The fraction of sp³-hybridized carbons (Fsp3) is 0.538. The number of nitrogens with zero attached hydrogens (tertiary/aromatic N) is 4. The molecule has 0 unspecified atom stereocenters. The minimum absolute atomic E-state index is 0.546. The first-order chi connectivity index (χ1) is 9.84. The van der Waals surface area contributed by atoms with Gasteiger partial charge in [-0.15, -0.1) is 0 Å². The Hall–Kier alpha value is -1.83. The summed E-state index contributed by atoms with van der Waals surface area (Å²) in [5.41, 5.74) is 0.858. The van der Waals surface area contributed by atoms with Gasteiger partial charge in [0.1, 0.15) is 0 Å². The second kappa shape index (κ2) is 5.88. The van der Waals surface area contributed by atoms with E-state index in [9.17, 15) is 13.2 Å². The second-order valence-corrected chi connectivity index (χ2v) is 4.86. The summed E-state index contributed by atoms with van der Waals surface area (Å²) < 4.78 is 40.8. The monoisotopic (exact) mass is 301 g/mol. The van der Waals surface area contributed by atoms with E-state index in [1.165, 1.54) is 4.68 Å². The summed E-state index contributed by atoms with van der Waals surface area (Å²) in [5, 5.41) is 11.3. The highest BCUT2D eigenvalue weighted by molar-refractivity contribution is 5.38. The number of hydrogen-bond donors (Lipinski definition) is 1. The van der Waals surface area contributed by atoms with E-state index < -0.39 is 11.7 Å². The van der Waals surface area contributed by atoms with Crippen molar-refractivity contribution in [3.05, 3.63) is 29.2 Å². The van der Waals surface area contributed by atoms with Gasteiger partial charge in [-0.2, -0.15) is 23.4 Å². The maximum atomic E-state index is 12.7. The molecule has 0 spiro atoms. The Balaban J connectivity index is 2.36. The topological polar surface area (TPSA) is 47.7 Å². The summed E-state index contributed by atoms with van der Waals surface area (Å²) in [6.07, 6.45) is -1.60. The van der Waals surface area contributed by atoms with Crippen LogP contribution in [0.3, 0.4) is 0 Å². The molecule has 0 aliphatic carbocycles. The molecule has 2 aromatic heterocycles. The van der Waals surface area contributed by atoms with Gasteiger partial charge in [-0.05, 0) is 19.9 Å². The molecule has 2 rings (SSSR count). The zero-order chi connectivity index (χ0) is 15.6. The molecule has 0 bridgehead atoms. The summed E-state index contributed by atoms with van der Waals surface area (Å²) in [5.74, 6) is 0.548. The van der Waals surface area contributed by atoms with Crippen molar-refractivity contribution in [2.45, 2.75) is 33.0 Å². The first-order valence-corrected chi connectivity index (χ1v) is 6.70. The molecule has 0 amide bonds. The predicted octanol–water partition coefficient (Wildman–Crippen LogP) is 2.43. The molecule has 0 saturated carbocycles. The van der Waals surface area contributed by atoms with Crippen molar-refractivity contribution in [2.75, 3.05) is 6.54 Å². The van der Waals surface area contributed by atoms with Gasteiger partial charge in [0.15, 0.2) is 5.82 Å². The first kappa shape index (κ1) is 15.6. The molecule has 0 saturated heterocycles. The van der Waals surface area contributed by atoms with Crippen molar-refractivity contribution in [1.82, 2.24) is 24.9 Å². The van der Waals surface area contributed by atoms with E-state index in [1.807, 2.05) is 13.8 Å². The average Bonchev–Trinajstić information content (AvgIpc) is 2.95. The largest absolute Gasteiger partial charge is 0.419 e. The van der Waals surface area contributed by atoms with Gasteiger partial charge in [0.2, 0.25) is 0 Å². The van der Waals surface area contributed by atoms with Crippen LogP contribution in [0.2, 0.25) is 0 Å². The van der Waals surface area contributed by atoms with Crippen LogP contribution in [0.1, 0.15) is 30.2 Å². The van der Waals surface area contributed by atoms with Crippen LogP contribution in [0.15, 0.2) is 12.4 Å². The molecule has 0 aromatic carbocycles. The Bertz CT molecular complexity index is 612. The zero-order valence-corrected chi connectivity index (χ0v) is 12.2. The number of alkyl halides is 3. The van der Waals surface area contributed by atoms with Gasteiger partial charge in [-0.25, -0.2) is 4.68 Å². The van der Waals surface area contributed by atoms with E-state index in [1.54, 1.807) is 11.7 Å². The van der Waals surface area contributed by atoms with E-state index in [0.717, 1.165) is 36.6 Å². The Morgan fingerprint density at radius 2 is 2.05 bits per heavy atom. The molecule has 2 heterocycles. The van der Waals surface area contributed by atoms with Crippen molar-refractivity contribution < 1.29 is 13.2 Å². The summed E-state index contributed by atoms with van der Waals surface area (Å²) >= 11 is 0. The third-order valence-corrected chi connectivity index (χ3v) is 3.17. The van der Waals surface area contributed by atoms with Crippen LogP contribution in [0.25, 0.3) is 5.82 Å². The summed E-state index contributed by atoms with van der Waals surface area (Å²) in [4.78, 5) is 0. The van der Waals surface area contributed by atoms with Crippen molar-refractivity contribution in [2.24, 2.45) is 7.05 Å². The Morgan fingerprint density at radius 1 is 1.33 bits per heavy atom. The van der Waals surface area contributed by atoms with Gasteiger partial charge < -0.3 is 5.32 Å². The number of halogens is 3. The first-order valence-electron chi connectivity index (χ1n) is 6.70. The normalized spacial score (nSPS) is 12.1. The van der Waals surface area contributed by atoms with Crippen LogP contribution in [-0.2, 0) is 19.8 Å². The number of rotatable bonds is 5. The molecule has 0 atom stereocenters. The van der Waals surface area contributed by atoms with Gasteiger partial charge in [0.25, 0.3) is 0 Å². The number of hydrogen-bond acceptors (Lipinski definition) is 3. The third kappa shape index (κ3) is 3.26. The molecule has 0 aliphatic heterocycles.